The number of sulfonamides is 2. The third kappa shape index (κ3) is 4.17. The molecule has 2 rings (SSSR count). The predicted octanol–water partition coefficient (Wildman–Crippen LogP) is 1.18. The molecule has 0 amide bonds. The summed E-state index contributed by atoms with van der Waals surface area (Å²) in [7, 11) is -7.31. The molecule has 1 aliphatic heterocycles. The third-order valence-corrected chi connectivity index (χ3v) is 6.22. The number of benzene rings is 1. The molecule has 1 saturated heterocycles. The fraction of sp³-hybridized carbons (Fsp3) is 0.500. The molecule has 1 unspecified atom stereocenters. The summed E-state index contributed by atoms with van der Waals surface area (Å²) in [5, 5.41) is -0.158. The molecule has 1 atom stereocenters. The molecule has 0 spiro atoms. The van der Waals surface area contributed by atoms with Gasteiger partial charge in [0.1, 0.15) is 5.82 Å². The van der Waals surface area contributed by atoms with E-state index < -0.39 is 31.9 Å². The Labute approximate surface area is 134 Å². The monoisotopic (exact) mass is 370 g/mol. The first-order valence-electron chi connectivity index (χ1n) is 6.52. The largest absolute Gasteiger partial charge is 0.243 e. The number of halogens is 2. The molecule has 1 aromatic rings. The second-order valence-corrected chi connectivity index (χ2v) is 9.29. The van der Waals surface area contributed by atoms with Crippen LogP contribution in [0.2, 0.25) is 5.02 Å². The van der Waals surface area contributed by atoms with Gasteiger partial charge in [-0.3, -0.25) is 0 Å². The van der Waals surface area contributed by atoms with Crippen LogP contribution in [0.4, 0.5) is 4.39 Å². The maximum absolute atomic E-state index is 13.5. The SMILES string of the molecule is CS(=O)(=O)NC1CCCN(S(=O)(=O)c2ccc(Cl)c(F)c2)C1. The molecule has 0 saturated carbocycles. The standard InChI is InChI=1S/C12H16ClFN2O4S2/c1-21(17,18)15-9-3-2-6-16(8-9)22(19,20)10-4-5-11(13)12(14)7-10/h4-5,7,9,15H,2-3,6,8H2,1H3. The minimum atomic E-state index is -3.89. The van der Waals surface area contributed by atoms with E-state index in [9.17, 15) is 21.2 Å². The lowest BCUT2D eigenvalue weighted by Gasteiger charge is -2.31. The van der Waals surface area contributed by atoms with Gasteiger partial charge in [0.2, 0.25) is 20.0 Å². The van der Waals surface area contributed by atoms with Crippen molar-refractivity contribution in [3.05, 3.63) is 29.0 Å². The summed E-state index contributed by atoms with van der Waals surface area (Å²) in [6.45, 7) is 0.272. The van der Waals surface area contributed by atoms with Gasteiger partial charge in [-0.05, 0) is 31.0 Å². The zero-order chi connectivity index (χ0) is 16.5. The Hall–Kier alpha value is -0.740. The van der Waals surface area contributed by atoms with E-state index in [-0.39, 0.29) is 23.0 Å². The van der Waals surface area contributed by atoms with Crippen LogP contribution in [0.3, 0.4) is 0 Å². The Bertz CT molecular complexity index is 767. The smallest absolute Gasteiger partial charge is 0.213 e. The second kappa shape index (κ2) is 6.40. The van der Waals surface area contributed by atoms with Crippen molar-refractivity contribution in [3.63, 3.8) is 0 Å². The summed E-state index contributed by atoms with van der Waals surface area (Å²) < 4.78 is 64.6. The zero-order valence-corrected chi connectivity index (χ0v) is 14.2. The van der Waals surface area contributed by atoms with Gasteiger partial charge in [-0.2, -0.15) is 4.31 Å². The molecular formula is C12H16ClFN2O4S2. The Morgan fingerprint density at radius 3 is 2.59 bits per heavy atom. The highest BCUT2D eigenvalue weighted by molar-refractivity contribution is 7.89. The fourth-order valence-electron chi connectivity index (χ4n) is 2.35. The first kappa shape index (κ1) is 17.6. The van der Waals surface area contributed by atoms with E-state index in [2.05, 4.69) is 4.72 Å². The summed E-state index contributed by atoms with van der Waals surface area (Å²) in [4.78, 5) is -0.200. The van der Waals surface area contributed by atoms with Crippen LogP contribution in [0.5, 0.6) is 0 Å². The summed E-state index contributed by atoms with van der Waals surface area (Å²) >= 11 is 5.55. The van der Waals surface area contributed by atoms with Crippen LogP contribution in [0.15, 0.2) is 23.1 Å². The van der Waals surface area contributed by atoms with Crippen LogP contribution in [-0.2, 0) is 20.0 Å². The van der Waals surface area contributed by atoms with Crippen LogP contribution < -0.4 is 4.72 Å². The van der Waals surface area contributed by atoms with Crippen molar-refractivity contribution < 1.29 is 21.2 Å². The minimum Gasteiger partial charge on any atom is -0.213 e. The number of nitrogens with zero attached hydrogens (tertiary/aromatic N) is 1. The van der Waals surface area contributed by atoms with E-state index in [0.717, 1.165) is 16.6 Å². The summed E-state index contributed by atoms with van der Waals surface area (Å²) in [5.74, 6) is -0.814. The van der Waals surface area contributed by atoms with Crippen LogP contribution in [0.1, 0.15) is 12.8 Å². The minimum absolute atomic E-state index is 0.0135. The number of hydrogen-bond acceptors (Lipinski definition) is 4. The summed E-state index contributed by atoms with van der Waals surface area (Å²) in [6.07, 6.45) is 2.09. The van der Waals surface area contributed by atoms with Gasteiger partial charge in [-0.25, -0.2) is 25.9 Å². The van der Waals surface area contributed by atoms with Crippen molar-refractivity contribution in [2.45, 2.75) is 23.8 Å². The number of piperidine rings is 1. The molecule has 124 valence electrons. The van der Waals surface area contributed by atoms with Crippen molar-refractivity contribution >= 4 is 31.6 Å². The van der Waals surface area contributed by atoms with Crippen molar-refractivity contribution in [2.75, 3.05) is 19.3 Å². The van der Waals surface area contributed by atoms with Crippen LogP contribution >= 0.6 is 11.6 Å². The average molecular weight is 371 g/mol. The summed E-state index contributed by atoms with van der Waals surface area (Å²) in [6, 6.07) is 2.79. The molecule has 6 nitrogen and oxygen atoms in total. The van der Waals surface area contributed by atoms with Gasteiger partial charge >= 0.3 is 0 Å². The molecule has 22 heavy (non-hydrogen) atoms. The highest BCUT2D eigenvalue weighted by atomic mass is 35.5. The Morgan fingerprint density at radius 2 is 2.00 bits per heavy atom. The highest BCUT2D eigenvalue weighted by Gasteiger charge is 2.31. The van der Waals surface area contributed by atoms with Crippen molar-refractivity contribution in [1.29, 1.82) is 0 Å². The lowest BCUT2D eigenvalue weighted by molar-refractivity contribution is 0.303. The molecule has 0 radical (unpaired) electrons. The predicted molar refractivity (Wildman–Crippen MR) is 81.2 cm³/mol. The lowest BCUT2D eigenvalue weighted by Crippen LogP contribution is -2.49. The van der Waals surface area contributed by atoms with E-state index >= 15 is 0 Å². The number of nitrogens with one attached hydrogen (secondary N) is 1. The van der Waals surface area contributed by atoms with Crippen molar-refractivity contribution in [3.8, 4) is 0 Å². The molecule has 1 heterocycles. The van der Waals surface area contributed by atoms with E-state index in [0.29, 0.717) is 12.8 Å². The normalized spacial score (nSPS) is 21.0. The molecule has 10 heteroatoms. The van der Waals surface area contributed by atoms with E-state index in [1.165, 1.54) is 12.1 Å². The first-order chi connectivity index (χ1) is 10.1. The Balaban J connectivity index is 2.23. The Morgan fingerprint density at radius 1 is 1.32 bits per heavy atom. The number of hydrogen-bond donors (Lipinski definition) is 1. The lowest BCUT2D eigenvalue weighted by atomic mass is 10.1. The zero-order valence-electron chi connectivity index (χ0n) is 11.8. The first-order valence-corrected chi connectivity index (χ1v) is 10.2. The molecule has 0 aromatic heterocycles. The molecule has 1 fully saturated rings. The second-order valence-electron chi connectivity index (χ2n) is 5.17. The maximum atomic E-state index is 13.5. The third-order valence-electron chi connectivity index (χ3n) is 3.29. The average Bonchev–Trinajstić information content (AvgIpc) is 2.40. The molecule has 0 aliphatic carbocycles. The summed E-state index contributed by atoms with van der Waals surface area (Å²) in [5.41, 5.74) is 0. The van der Waals surface area contributed by atoms with E-state index in [1.54, 1.807) is 0 Å². The van der Waals surface area contributed by atoms with Gasteiger partial charge in [0.05, 0.1) is 16.2 Å². The topological polar surface area (TPSA) is 83.6 Å². The molecule has 1 N–H and O–H groups in total. The van der Waals surface area contributed by atoms with Gasteiger partial charge in [0.15, 0.2) is 0 Å². The van der Waals surface area contributed by atoms with E-state index in [4.69, 9.17) is 11.6 Å². The van der Waals surface area contributed by atoms with Crippen molar-refractivity contribution in [1.82, 2.24) is 9.03 Å². The molecule has 1 aromatic carbocycles. The van der Waals surface area contributed by atoms with Crippen molar-refractivity contribution in [2.24, 2.45) is 0 Å². The quantitative estimate of drug-likeness (QED) is 0.862. The van der Waals surface area contributed by atoms with Crippen LogP contribution in [0.25, 0.3) is 0 Å². The van der Waals surface area contributed by atoms with Gasteiger partial charge < -0.3 is 0 Å². The van der Waals surface area contributed by atoms with Gasteiger partial charge in [-0.1, -0.05) is 11.6 Å². The van der Waals surface area contributed by atoms with Crippen LogP contribution in [0, 0.1) is 5.82 Å². The number of rotatable bonds is 4. The van der Waals surface area contributed by atoms with Gasteiger partial charge in [0.25, 0.3) is 0 Å². The van der Waals surface area contributed by atoms with E-state index in [1.807, 2.05) is 0 Å². The Kier molecular flexibility index (Phi) is 5.13. The molecule has 1 aliphatic rings. The van der Waals surface area contributed by atoms with Gasteiger partial charge in [-0.15, -0.1) is 0 Å². The van der Waals surface area contributed by atoms with Crippen LogP contribution in [-0.4, -0.2) is 46.5 Å². The molecular weight excluding hydrogens is 355 g/mol. The fourth-order valence-corrected chi connectivity index (χ4v) is 4.80. The van der Waals surface area contributed by atoms with Gasteiger partial charge in [0, 0.05) is 19.1 Å². The molecule has 0 bridgehead atoms. The maximum Gasteiger partial charge on any atom is 0.243 e. The highest BCUT2D eigenvalue weighted by Crippen LogP contribution is 2.24.